The lowest BCUT2D eigenvalue weighted by molar-refractivity contribution is -0.143. The number of nitrogens with one attached hydrogen (secondary N) is 1. The van der Waals surface area contributed by atoms with Crippen LogP contribution in [0.3, 0.4) is 0 Å². The van der Waals surface area contributed by atoms with E-state index in [1.54, 1.807) is 12.0 Å². The molecule has 2 rings (SSSR count). The van der Waals surface area contributed by atoms with E-state index < -0.39 is 6.04 Å². The summed E-state index contributed by atoms with van der Waals surface area (Å²) in [5, 5.41) is 3.01. The van der Waals surface area contributed by atoms with E-state index in [0.29, 0.717) is 18.7 Å². The van der Waals surface area contributed by atoms with Gasteiger partial charge in [-0.1, -0.05) is 45.0 Å². The fraction of sp³-hybridized carbons (Fsp3) is 0.462. The van der Waals surface area contributed by atoms with Crippen molar-refractivity contribution in [2.75, 3.05) is 13.7 Å². The molecule has 0 fully saturated rings. The van der Waals surface area contributed by atoms with Crippen LogP contribution >= 0.6 is 0 Å². The van der Waals surface area contributed by atoms with Gasteiger partial charge in [-0.3, -0.25) is 9.59 Å². The summed E-state index contributed by atoms with van der Waals surface area (Å²) in [5.74, 6) is 1.01. The molecule has 0 bridgehead atoms. The van der Waals surface area contributed by atoms with Gasteiger partial charge in [-0.05, 0) is 61.6 Å². The van der Waals surface area contributed by atoms with Crippen molar-refractivity contribution in [3.63, 3.8) is 0 Å². The molecule has 2 aromatic rings. The molecule has 174 valence electrons. The summed E-state index contributed by atoms with van der Waals surface area (Å²) in [6, 6.07) is 14.7. The van der Waals surface area contributed by atoms with Gasteiger partial charge >= 0.3 is 0 Å². The maximum Gasteiger partial charge on any atom is 0.261 e. The van der Waals surface area contributed by atoms with Gasteiger partial charge in [0.25, 0.3) is 5.91 Å². The minimum atomic E-state index is -0.579. The molecule has 1 N–H and O–H groups in total. The van der Waals surface area contributed by atoms with Crippen LogP contribution in [0.5, 0.6) is 11.5 Å². The molecule has 6 heteroatoms. The number of rotatable bonds is 12. The topological polar surface area (TPSA) is 67.9 Å². The number of carbonyl (C=O) groups is 2. The Morgan fingerprint density at radius 1 is 0.906 bits per heavy atom. The minimum Gasteiger partial charge on any atom is -0.497 e. The van der Waals surface area contributed by atoms with E-state index >= 15 is 0 Å². The number of benzene rings is 2. The Balaban J connectivity index is 2.19. The standard InChI is InChI=1S/C26H36N2O4/c1-6-19(4)27-26(30)24(8-3)28(17-21-11-13-22(31-5)14-12-21)25(29)18-32-23-15-9-20(7-2)10-16-23/h9-16,19,24H,6-8,17-18H2,1-5H3,(H,27,30)/t19-,24-/m0/s1. The summed E-state index contributed by atoms with van der Waals surface area (Å²) in [5.41, 5.74) is 2.12. The zero-order valence-electron chi connectivity index (χ0n) is 19.9. The van der Waals surface area contributed by atoms with Gasteiger partial charge in [0.15, 0.2) is 6.61 Å². The van der Waals surface area contributed by atoms with E-state index in [1.165, 1.54) is 5.56 Å². The van der Waals surface area contributed by atoms with Gasteiger partial charge in [0.2, 0.25) is 5.91 Å². The summed E-state index contributed by atoms with van der Waals surface area (Å²) in [6.07, 6.45) is 2.28. The van der Waals surface area contributed by atoms with Gasteiger partial charge in [0, 0.05) is 12.6 Å². The van der Waals surface area contributed by atoms with Gasteiger partial charge in [0.05, 0.1) is 7.11 Å². The fourth-order valence-corrected chi connectivity index (χ4v) is 3.34. The molecule has 0 aromatic heterocycles. The number of nitrogens with zero attached hydrogens (tertiary/aromatic N) is 1. The molecule has 0 saturated heterocycles. The van der Waals surface area contributed by atoms with Crippen LogP contribution in [0.25, 0.3) is 0 Å². The molecule has 0 aliphatic rings. The third kappa shape index (κ3) is 7.29. The zero-order valence-corrected chi connectivity index (χ0v) is 19.9. The van der Waals surface area contributed by atoms with Crippen molar-refractivity contribution in [2.45, 2.75) is 65.6 Å². The zero-order chi connectivity index (χ0) is 23.5. The number of hydrogen-bond donors (Lipinski definition) is 1. The lowest BCUT2D eigenvalue weighted by Gasteiger charge is -2.31. The van der Waals surface area contributed by atoms with Crippen LogP contribution < -0.4 is 14.8 Å². The molecular weight excluding hydrogens is 404 g/mol. The second-order valence-corrected chi connectivity index (χ2v) is 7.90. The second kappa shape index (κ2) is 12.7. The summed E-state index contributed by atoms with van der Waals surface area (Å²) in [6.45, 7) is 8.17. The van der Waals surface area contributed by atoms with Crippen LogP contribution in [0.4, 0.5) is 0 Å². The molecular formula is C26H36N2O4. The van der Waals surface area contributed by atoms with Crippen molar-refractivity contribution in [1.29, 1.82) is 0 Å². The first-order valence-corrected chi connectivity index (χ1v) is 11.4. The third-order valence-electron chi connectivity index (χ3n) is 5.59. The molecule has 0 radical (unpaired) electrons. The number of carbonyl (C=O) groups excluding carboxylic acids is 2. The highest BCUT2D eigenvalue weighted by Crippen LogP contribution is 2.18. The van der Waals surface area contributed by atoms with Gasteiger partial charge in [-0.2, -0.15) is 0 Å². The largest absolute Gasteiger partial charge is 0.497 e. The average molecular weight is 441 g/mol. The molecule has 2 aromatic carbocycles. The van der Waals surface area contributed by atoms with Gasteiger partial charge in [0.1, 0.15) is 17.5 Å². The number of ether oxygens (including phenoxy) is 2. The average Bonchev–Trinajstić information content (AvgIpc) is 2.82. The van der Waals surface area contributed by atoms with Crippen molar-refractivity contribution in [1.82, 2.24) is 10.2 Å². The molecule has 0 saturated carbocycles. The van der Waals surface area contributed by atoms with E-state index in [2.05, 4.69) is 12.2 Å². The number of hydrogen-bond acceptors (Lipinski definition) is 4. The maximum absolute atomic E-state index is 13.2. The van der Waals surface area contributed by atoms with Crippen LogP contribution in [0.15, 0.2) is 48.5 Å². The smallest absolute Gasteiger partial charge is 0.261 e. The monoisotopic (exact) mass is 440 g/mol. The van der Waals surface area contributed by atoms with Gasteiger partial charge < -0.3 is 19.7 Å². The Morgan fingerprint density at radius 3 is 2.03 bits per heavy atom. The Morgan fingerprint density at radius 2 is 1.50 bits per heavy atom. The molecule has 0 aliphatic carbocycles. The number of aryl methyl sites for hydroxylation is 1. The molecule has 2 amide bonds. The molecule has 6 nitrogen and oxygen atoms in total. The molecule has 0 spiro atoms. The van der Waals surface area contributed by atoms with Crippen molar-refractivity contribution < 1.29 is 19.1 Å². The summed E-state index contributed by atoms with van der Waals surface area (Å²) < 4.78 is 11.0. The predicted octanol–water partition coefficient (Wildman–Crippen LogP) is 4.36. The van der Waals surface area contributed by atoms with Crippen molar-refractivity contribution in [3.8, 4) is 11.5 Å². The summed E-state index contributed by atoms with van der Waals surface area (Å²) in [7, 11) is 1.61. The van der Waals surface area contributed by atoms with Crippen LogP contribution in [0, 0.1) is 0 Å². The second-order valence-electron chi connectivity index (χ2n) is 7.90. The fourth-order valence-electron chi connectivity index (χ4n) is 3.34. The highest BCUT2D eigenvalue weighted by Gasteiger charge is 2.29. The lowest BCUT2D eigenvalue weighted by Crippen LogP contribution is -2.51. The maximum atomic E-state index is 13.2. The quantitative estimate of drug-likeness (QED) is 0.533. The molecule has 0 unspecified atom stereocenters. The van der Waals surface area contributed by atoms with Crippen LogP contribution in [0.2, 0.25) is 0 Å². The Labute approximate surface area is 191 Å². The highest BCUT2D eigenvalue weighted by atomic mass is 16.5. The van der Waals surface area contributed by atoms with E-state index in [-0.39, 0.29) is 24.5 Å². The normalized spacial score (nSPS) is 12.5. The first-order valence-electron chi connectivity index (χ1n) is 11.4. The van der Waals surface area contributed by atoms with Crippen molar-refractivity contribution in [2.24, 2.45) is 0 Å². The van der Waals surface area contributed by atoms with Crippen molar-refractivity contribution >= 4 is 11.8 Å². The SMILES string of the molecule is CCc1ccc(OCC(=O)N(Cc2ccc(OC)cc2)[C@@H](CC)C(=O)N[C@@H](C)CC)cc1. The molecule has 0 aliphatic heterocycles. The van der Waals surface area contributed by atoms with Crippen LogP contribution in [-0.2, 0) is 22.6 Å². The van der Waals surface area contributed by atoms with Gasteiger partial charge in [-0.25, -0.2) is 0 Å². The van der Waals surface area contributed by atoms with Crippen LogP contribution in [-0.4, -0.2) is 42.5 Å². The first kappa shape index (κ1) is 25.2. The number of amides is 2. The molecule has 0 heterocycles. The van der Waals surface area contributed by atoms with E-state index in [0.717, 1.165) is 24.2 Å². The molecule has 32 heavy (non-hydrogen) atoms. The summed E-state index contributed by atoms with van der Waals surface area (Å²) in [4.78, 5) is 27.8. The molecule has 2 atom stereocenters. The summed E-state index contributed by atoms with van der Waals surface area (Å²) >= 11 is 0. The van der Waals surface area contributed by atoms with E-state index in [9.17, 15) is 9.59 Å². The van der Waals surface area contributed by atoms with E-state index in [1.807, 2.05) is 69.3 Å². The Hall–Kier alpha value is -3.02. The lowest BCUT2D eigenvalue weighted by atomic mass is 10.1. The van der Waals surface area contributed by atoms with Crippen molar-refractivity contribution in [3.05, 3.63) is 59.7 Å². The Bertz CT molecular complexity index is 849. The van der Waals surface area contributed by atoms with Gasteiger partial charge in [-0.15, -0.1) is 0 Å². The Kier molecular flexibility index (Phi) is 10.1. The highest BCUT2D eigenvalue weighted by molar-refractivity contribution is 5.88. The first-order chi connectivity index (χ1) is 15.4. The predicted molar refractivity (Wildman–Crippen MR) is 127 cm³/mol. The minimum absolute atomic E-state index is 0.0443. The third-order valence-corrected chi connectivity index (χ3v) is 5.59. The van der Waals surface area contributed by atoms with E-state index in [4.69, 9.17) is 9.47 Å². The number of methoxy groups -OCH3 is 1. The van der Waals surface area contributed by atoms with Crippen LogP contribution in [0.1, 0.15) is 51.7 Å².